The highest BCUT2D eigenvalue weighted by Gasteiger charge is 2.31. The summed E-state index contributed by atoms with van der Waals surface area (Å²) in [5.41, 5.74) is 1.39. The second-order valence-corrected chi connectivity index (χ2v) is 6.27. The quantitative estimate of drug-likeness (QED) is 0.789. The molecule has 3 rings (SSSR count). The van der Waals surface area contributed by atoms with E-state index in [1.165, 1.54) is 12.1 Å². The summed E-state index contributed by atoms with van der Waals surface area (Å²) in [6.45, 7) is -0.720. The Balaban J connectivity index is 1.52. The van der Waals surface area contributed by atoms with E-state index in [4.69, 9.17) is 4.74 Å². The number of hydrogen-bond donors (Lipinski definition) is 1. The van der Waals surface area contributed by atoms with Gasteiger partial charge in [0.2, 0.25) is 5.91 Å². The molecule has 0 aliphatic carbocycles. The van der Waals surface area contributed by atoms with E-state index in [0.29, 0.717) is 11.4 Å². The predicted octanol–water partition coefficient (Wildman–Crippen LogP) is 3.11. The summed E-state index contributed by atoms with van der Waals surface area (Å²) in [7, 11) is 0. The summed E-state index contributed by atoms with van der Waals surface area (Å²) in [6, 6.07) is 13.2. The zero-order valence-corrected chi connectivity index (χ0v) is 15.2. The molecule has 0 spiro atoms. The van der Waals surface area contributed by atoms with Crippen LogP contribution in [0.5, 0.6) is 11.5 Å². The van der Waals surface area contributed by atoms with Crippen LogP contribution in [-0.2, 0) is 16.1 Å². The van der Waals surface area contributed by atoms with E-state index in [-0.39, 0.29) is 37.1 Å². The minimum Gasteiger partial charge on any atom is -0.479 e. The van der Waals surface area contributed by atoms with Crippen LogP contribution in [0.15, 0.2) is 48.5 Å². The van der Waals surface area contributed by atoms with Gasteiger partial charge in [-0.2, -0.15) is 8.78 Å². The second kappa shape index (κ2) is 8.69. The van der Waals surface area contributed by atoms with Crippen molar-refractivity contribution >= 4 is 17.5 Å². The topological polar surface area (TPSA) is 67.9 Å². The number of alkyl halides is 2. The number of ether oxygens (including phenoxy) is 2. The fraction of sp³-hybridized carbons (Fsp3) is 0.300. The number of nitrogens with zero attached hydrogens (tertiary/aromatic N) is 1. The summed E-state index contributed by atoms with van der Waals surface area (Å²) in [5.74, 6) is 0.253. The van der Waals surface area contributed by atoms with Gasteiger partial charge in [-0.05, 0) is 36.8 Å². The Hall–Kier alpha value is -3.16. The number of rotatable bonds is 7. The van der Waals surface area contributed by atoms with Crippen molar-refractivity contribution in [3.05, 3.63) is 54.1 Å². The van der Waals surface area contributed by atoms with Crippen LogP contribution in [-0.4, -0.2) is 31.1 Å². The van der Waals surface area contributed by atoms with Crippen molar-refractivity contribution in [1.82, 2.24) is 5.32 Å². The number of halogens is 2. The van der Waals surface area contributed by atoms with E-state index >= 15 is 0 Å². The van der Waals surface area contributed by atoms with Gasteiger partial charge in [0.1, 0.15) is 11.5 Å². The molecule has 28 heavy (non-hydrogen) atoms. The molecular weight excluding hydrogens is 370 g/mol. The van der Waals surface area contributed by atoms with Crippen molar-refractivity contribution < 1.29 is 27.8 Å². The zero-order valence-electron chi connectivity index (χ0n) is 15.2. The normalized spacial score (nSPS) is 15.8. The fourth-order valence-corrected chi connectivity index (χ4v) is 2.88. The molecule has 0 fully saturated rings. The first kappa shape index (κ1) is 19.6. The van der Waals surface area contributed by atoms with E-state index in [9.17, 15) is 18.4 Å². The first-order valence-electron chi connectivity index (χ1n) is 8.81. The van der Waals surface area contributed by atoms with Gasteiger partial charge in [-0.1, -0.05) is 24.3 Å². The fourth-order valence-electron chi connectivity index (χ4n) is 2.88. The van der Waals surface area contributed by atoms with Gasteiger partial charge >= 0.3 is 6.61 Å². The molecule has 1 aliphatic heterocycles. The Morgan fingerprint density at radius 1 is 1.21 bits per heavy atom. The van der Waals surface area contributed by atoms with Gasteiger partial charge in [0.05, 0.1) is 5.69 Å². The van der Waals surface area contributed by atoms with Crippen molar-refractivity contribution in [3.63, 3.8) is 0 Å². The Labute approximate surface area is 161 Å². The molecule has 0 radical (unpaired) electrons. The lowest BCUT2D eigenvalue weighted by Gasteiger charge is -2.32. The van der Waals surface area contributed by atoms with Gasteiger partial charge in [0.15, 0.2) is 6.10 Å². The lowest BCUT2D eigenvalue weighted by molar-refractivity contribution is -0.125. The third-order valence-corrected chi connectivity index (χ3v) is 4.27. The van der Waals surface area contributed by atoms with Gasteiger partial charge in [-0.25, -0.2) is 0 Å². The van der Waals surface area contributed by atoms with Crippen molar-refractivity contribution in [1.29, 1.82) is 0 Å². The zero-order chi connectivity index (χ0) is 20.1. The van der Waals surface area contributed by atoms with Crippen LogP contribution in [0.1, 0.15) is 18.9 Å². The van der Waals surface area contributed by atoms with E-state index in [2.05, 4.69) is 10.1 Å². The summed E-state index contributed by atoms with van der Waals surface area (Å²) < 4.78 is 34.1. The molecule has 0 aromatic heterocycles. The largest absolute Gasteiger partial charge is 0.479 e. The van der Waals surface area contributed by atoms with Crippen LogP contribution >= 0.6 is 0 Å². The Morgan fingerprint density at radius 3 is 2.64 bits per heavy atom. The molecule has 0 bridgehead atoms. The maximum atomic E-state index is 12.4. The van der Waals surface area contributed by atoms with E-state index in [0.717, 1.165) is 5.56 Å². The molecule has 8 heteroatoms. The van der Waals surface area contributed by atoms with Gasteiger partial charge in [0, 0.05) is 19.5 Å². The van der Waals surface area contributed by atoms with Gasteiger partial charge in [-0.3, -0.25) is 9.59 Å². The molecule has 6 nitrogen and oxygen atoms in total. The number of para-hydroxylation sites is 2. The third-order valence-electron chi connectivity index (χ3n) is 4.27. The monoisotopic (exact) mass is 390 g/mol. The summed E-state index contributed by atoms with van der Waals surface area (Å²) in [6.07, 6.45) is -0.480. The number of amides is 2. The predicted molar refractivity (Wildman–Crippen MR) is 98.4 cm³/mol. The van der Waals surface area contributed by atoms with Crippen molar-refractivity contribution in [2.24, 2.45) is 0 Å². The van der Waals surface area contributed by atoms with Crippen LogP contribution in [0.3, 0.4) is 0 Å². The number of carbonyl (C=O) groups is 2. The number of hydrogen-bond acceptors (Lipinski definition) is 4. The third kappa shape index (κ3) is 4.76. The van der Waals surface area contributed by atoms with E-state index in [1.54, 1.807) is 42.2 Å². The molecule has 1 N–H and O–H groups in total. The van der Waals surface area contributed by atoms with Crippen LogP contribution in [0.2, 0.25) is 0 Å². The molecule has 148 valence electrons. The van der Waals surface area contributed by atoms with Crippen LogP contribution in [0, 0.1) is 0 Å². The molecule has 0 saturated heterocycles. The van der Waals surface area contributed by atoms with Crippen LogP contribution < -0.4 is 19.7 Å². The van der Waals surface area contributed by atoms with Crippen LogP contribution in [0.25, 0.3) is 0 Å². The van der Waals surface area contributed by atoms with Gasteiger partial charge in [-0.15, -0.1) is 0 Å². The minimum absolute atomic E-state index is 0.0590. The molecule has 0 saturated carbocycles. The highest BCUT2D eigenvalue weighted by Crippen LogP contribution is 2.33. The van der Waals surface area contributed by atoms with Crippen molar-refractivity contribution in [2.75, 3.05) is 11.4 Å². The SMILES string of the molecule is C[C@H]1Oc2ccccc2N(CCC(=O)NCc2ccc(OC(F)F)cc2)C1=O. The van der Waals surface area contributed by atoms with E-state index in [1.807, 2.05) is 6.07 Å². The Kier molecular flexibility index (Phi) is 6.08. The number of anilines is 1. The van der Waals surface area contributed by atoms with Crippen LogP contribution in [0.4, 0.5) is 14.5 Å². The molecule has 2 aromatic carbocycles. The number of carbonyl (C=O) groups excluding carboxylic acids is 2. The standard InChI is InChI=1S/C20H20F2N2O4/c1-13-19(26)24(16-4-2-3-5-17(16)27-13)11-10-18(25)23-12-14-6-8-15(9-7-14)28-20(21)22/h2-9,13,20H,10-12H2,1H3,(H,23,25)/t13-/m1/s1. The van der Waals surface area contributed by atoms with Gasteiger partial charge in [0.25, 0.3) is 5.91 Å². The Morgan fingerprint density at radius 2 is 1.93 bits per heavy atom. The number of fused-ring (bicyclic) bond motifs is 1. The van der Waals surface area contributed by atoms with E-state index < -0.39 is 12.7 Å². The summed E-state index contributed by atoms with van der Waals surface area (Å²) in [4.78, 5) is 26.1. The maximum absolute atomic E-state index is 12.4. The molecule has 1 atom stereocenters. The molecule has 1 heterocycles. The highest BCUT2D eigenvalue weighted by molar-refractivity contribution is 6.00. The lowest BCUT2D eigenvalue weighted by Crippen LogP contribution is -2.45. The smallest absolute Gasteiger partial charge is 0.387 e. The molecular formula is C20H20F2N2O4. The average Bonchev–Trinajstić information content (AvgIpc) is 2.67. The molecule has 2 amide bonds. The second-order valence-electron chi connectivity index (χ2n) is 6.27. The first-order chi connectivity index (χ1) is 13.4. The first-order valence-corrected chi connectivity index (χ1v) is 8.81. The van der Waals surface area contributed by atoms with Crippen molar-refractivity contribution in [2.45, 2.75) is 32.6 Å². The average molecular weight is 390 g/mol. The molecule has 1 aliphatic rings. The highest BCUT2D eigenvalue weighted by atomic mass is 19.3. The maximum Gasteiger partial charge on any atom is 0.387 e. The summed E-state index contributed by atoms with van der Waals surface area (Å²) in [5, 5.41) is 2.75. The number of benzene rings is 2. The lowest BCUT2D eigenvalue weighted by atomic mass is 10.1. The van der Waals surface area contributed by atoms with Crippen molar-refractivity contribution in [3.8, 4) is 11.5 Å². The molecule has 2 aromatic rings. The minimum atomic E-state index is -2.87. The van der Waals surface area contributed by atoms with Gasteiger partial charge < -0.3 is 19.7 Å². The summed E-state index contributed by atoms with van der Waals surface area (Å²) >= 11 is 0. The Bertz CT molecular complexity index is 842. The molecule has 0 unspecified atom stereocenters. The number of nitrogens with one attached hydrogen (secondary N) is 1.